The minimum Gasteiger partial charge on any atom is -0.303 e. The molecule has 0 atom stereocenters. The molecule has 126 valence electrons. The molecular formula is C21H29ClO. The lowest BCUT2D eigenvalue weighted by molar-refractivity contribution is -0.112. The molecule has 0 aliphatic heterocycles. The second kappa shape index (κ2) is 8.33. The maximum absolute atomic E-state index is 10.8. The molecule has 1 aromatic rings. The molecule has 0 spiro atoms. The van der Waals surface area contributed by atoms with Crippen molar-refractivity contribution in [3.05, 3.63) is 34.9 Å². The lowest BCUT2D eigenvalue weighted by Gasteiger charge is -2.31. The first-order valence-electron chi connectivity index (χ1n) is 9.45. The van der Waals surface area contributed by atoms with Gasteiger partial charge in [0.25, 0.3) is 0 Å². The third-order valence-corrected chi connectivity index (χ3v) is 6.51. The average Bonchev–Trinajstić information content (AvgIpc) is 2.61. The van der Waals surface area contributed by atoms with Gasteiger partial charge in [0, 0.05) is 10.9 Å². The monoisotopic (exact) mass is 332 g/mol. The summed E-state index contributed by atoms with van der Waals surface area (Å²) in [5, 5.41) is 0.840. The second-order valence-electron chi connectivity index (χ2n) is 7.76. The Morgan fingerprint density at radius 2 is 1.35 bits per heavy atom. The van der Waals surface area contributed by atoms with E-state index in [1.54, 1.807) is 0 Å². The lowest BCUT2D eigenvalue weighted by atomic mass is 9.74. The van der Waals surface area contributed by atoms with Crippen LogP contribution >= 0.6 is 11.6 Å². The zero-order valence-corrected chi connectivity index (χ0v) is 14.8. The van der Waals surface area contributed by atoms with Crippen molar-refractivity contribution in [2.75, 3.05) is 0 Å². The van der Waals surface area contributed by atoms with E-state index in [1.165, 1.54) is 63.2 Å². The van der Waals surface area contributed by atoms with E-state index >= 15 is 0 Å². The van der Waals surface area contributed by atoms with Crippen molar-refractivity contribution in [1.82, 2.24) is 0 Å². The molecular weight excluding hydrogens is 304 g/mol. The molecule has 2 aliphatic rings. The topological polar surface area (TPSA) is 17.1 Å². The predicted octanol–water partition coefficient (Wildman–Crippen LogP) is 6.40. The van der Waals surface area contributed by atoms with E-state index in [0.717, 1.165) is 35.6 Å². The minimum atomic E-state index is 0.362. The highest BCUT2D eigenvalue weighted by Gasteiger charge is 2.25. The zero-order valence-electron chi connectivity index (χ0n) is 14.1. The van der Waals surface area contributed by atoms with Gasteiger partial charge in [0.05, 0.1) is 0 Å². The number of carbonyl (C=O) groups excluding carboxylic acids is 1. The Balaban J connectivity index is 1.38. The van der Waals surface area contributed by atoms with Crippen LogP contribution in [-0.4, -0.2) is 6.29 Å². The van der Waals surface area contributed by atoms with Gasteiger partial charge in [0.2, 0.25) is 0 Å². The first-order valence-corrected chi connectivity index (χ1v) is 9.83. The predicted molar refractivity (Wildman–Crippen MR) is 96.9 cm³/mol. The lowest BCUT2D eigenvalue weighted by Crippen LogP contribution is -2.18. The highest BCUT2D eigenvalue weighted by molar-refractivity contribution is 6.30. The molecule has 3 rings (SSSR count). The average molecular weight is 333 g/mol. The summed E-state index contributed by atoms with van der Waals surface area (Å²) in [5.41, 5.74) is 1.47. The van der Waals surface area contributed by atoms with Gasteiger partial charge in [0.1, 0.15) is 6.29 Å². The zero-order chi connectivity index (χ0) is 16.1. The van der Waals surface area contributed by atoms with E-state index < -0.39 is 0 Å². The Morgan fingerprint density at radius 1 is 0.826 bits per heavy atom. The maximum Gasteiger partial charge on any atom is 0.123 e. The molecule has 0 N–H and O–H groups in total. The minimum absolute atomic E-state index is 0.362. The van der Waals surface area contributed by atoms with E-state index in [1.807, 2.05) is 12.1 Å². The van der Waals surface area contributed by atoms with Crippen LogP contribution in [-0.2, 0) is 4.79 Å². The molecule has 0 aromatic heterocycles. The van der Waals surface area contributed by atoms with Crippen molar-refractivity contribution >= 4 is 17.9 Å². The Hall–Kier alpha value is -0.820. The van der Waals surface area contributed by atoms with Crippen LogP contribution in [0.2, 0.25) is 5.02 Å². The van der Waals surface area contributed by atoms with Gasteiger partial charge >= 0.3 is 0 Å². The third kappa shape index (κ3) is 4.83. The molecule has 2 aliphatic carbocycles. The van der Waals surface area contributed by atoms with Crippen molar-refractivity contribution in [2.45, 2.75) is 70.1 Å². The molecule has 0 saturated heterocycles. The van der Waals surface area contributed by atoms with E-state index in [0.29, 0.717) is 5.92 Å². The fourth-order valence-corrected chi connectivity index (χ4v) is 4.73. The Bertz CT molecular complexity index is 479. The number of hydrogen-bond acceptors (Lipinski definition) is 1. The van der Waals surface area contributed by atoms with Crippen LogP contribution in [0, 0.1) is 17.8 Å². The van der Waals surface area contributed by atoms with Crippen molar-refractivity contribution < 1.29 is 4.79 Å². The van der Waals surface area contributed by atoms with Gasteiger partial charge in [-0.2, -0.15) is 0 Å². The summed E-state index contributed by atoms with van der Waals surface area (Å²) in [5.74, 6) is 2.93. The molecule has 0 heterocycles. The fourth-order valence-electron chi connectivity index (χ4n) is 4.60. The number of benzene rings is 1. The molecule has 2 fully saturated rings. The smallest absolute Gasteiger partial charge is 0.123 e. The van der Waals surface area contributed by atoms with Crippen LogP contribution in [0.1, 0.15) is 75.7 Å². The van der Waals surface area contributed by atoms with Crippen molar-refractivity contribution in [3.8, 4) is 0 Å². The van der Waals surface area contributed by atoms with E-state index in [2.05, 4.69) is 12.1 Å². The summed E-state index contributed by atoms with van der Waals surface area (Å²) >= 11 is 5.99. The van der Waals surface area contributed by atoms with Crippen LogP contribution < -0.4 is 0 Å². The van der Waals surface area contributed by atoms with Crippen LogP contribution in [0.3, 0.4) is 0 Å². The van der Waals surface area contributed by atoms with Gasteiger partial charge in [0.15, 0.2) is 0 Å². The van der Waals surface area contributed by atoms with Gasteiger partial charge in [-0.1, -0.05) is 36.6 Å². The first-order chi connectivity index (χ1) is 11.2. The van der Waals surface area contributed by atoms with Gasteiger partial charge in [-0.15, -0.1) is 0 Å². The van der Waals surface area contributed by atoms with E-state index in [9.17, 15) is 4.79 Å². The molecule has 2 heteroatoms. The van der Waals surface area contributed by atoms with Gasteiger partial charge in [-0.05, 0) is 86.8 Å². The third-order valence-electron chi connectivity index (χ3n) is 6.26. The van der Waals surface area contributed by atoms with Gasteiger partial charge in [-0.3, -0.25) is 0 Å². The van der Waals surface area contributed by atoms with Crippen LogP contribution in [0.25, 0.3) is 0 Å². The Labute approximate surface area is 145 Å². The summed E-state index contributed by atoms with van der Waals surface area (Å²) in [4.78, 5) is 10.8. The van der Waals surface area contributed by atoms with E-state index in [4.69, 9.17) is 11.6 Å². The van der Waals surface area contributed by atoms with Gasteiger partial charge in [-0.25, -0.2) is 0 Å². The second-order valence-corrected chi connectivity index (χ2v) is 8.20. The molecule has 0 radical (unpaired) electrons. The van der Waals surface area contributed by atoms with Gasteiger partial charge < -0.3 is 4.79 Å². The summed E-state index contributed by atoms with van der Waals surface area (Å²) < 4.78 is 0. The van der Waals surface area contributed by atoms with Crippen molar-refractivity contribution in [1.29, 1.82) is 0 Å². The highest BCUT2D eigenvalue weighted by Crippen LogP contribution is 2.39. The SMILES string of the molecule is O=CC1CCC(CCC2CCC(c3ccc(Cl)cc3)CC2)CC1. The van der Waals surface area contributed by atoms with Crippen LogP contribution in [0.15, 0.2) is 24.3 Å². The molecule has 0 bridgehead atoms. The van der Waals surface area contributed by atoms with Crippen molar-refractivity contribution in [2.24, 2.45) is 17.8 Å². The molecule has 2 saturated carbocycles. The molecule has 23 heavy (non-hydrogen) atoms. The molecule has 0 unspecified atom stereocenters. The summed E-state index contributed by atoms with van der Waals surface area (Å²) in [6.45, 7) is 0. The molecule has 0 amide bonds. The Kier molecular flexibility index (Phi) is 6.16. The number of hydrogen-bond donors (Lipinski definition) is 0. The van der Waals surface area contributed by atoms with Crippen molar-refractivity contribution in [3.63, 3.8) is 0 Å². The van der Waals surface area contributed by atoms with E-state index in [-0.39, 0.29) is 0 Å². The molecule has 1 aromatic carbocycles. The summed E-state index contributed by atoms with van der Waals surface area (Å²) in [7, 11) is 0. The number of aldehydes is 1. The molecule has 1 nitrogen and oxygen atoms in total. The largest absolute Gasteiger partial charge is 0.303 e. The first kappa shape index (κ1) is 17.0. The fraction of sp³-hybridized carbons (Fsp3) is 0.667. The quantitative estimate of drug-likeness (QED) is 0.570. The summed E-state index contributed by atoms with van der Waals surface area (Å²) in [6, 6.07) is 8.47. The maximum atomic E-state index is 10.8. The number of carbonyl (C=O) groups is 1. The highest BCUT2D eigenvalue weighted by atomic mass is 35.5. The van der Waals surface area contributed by atoms with Crippen LogP contribution in [0.4, 0.5) is 0 Å². The van der Waals surface area contributed by atoms with Crippen LogP contribution in [0.5, 0.6) is 0 Å². The number of rotatable bonds is 5. The standard InChI is InChI=1S/C21H29ClO/c22-21-13-11-20(12-14-21)19-9-7-17(8-10-19)2-1-16-3-5-18(15-23)6-4-16/h11-19H,1-10H2. The Morgan fingerprint density at radius 3 is 1.87 bits per heavy atom. The summed E-state index contributed by atoms with van der Waals surface area (Å²) in [6.07, 6.45) is 14.3. The number of halogens is 1. The normalized spacial score (nSPS) is 31.7.